The third-order valence-corrected chi connectivity index (χ3v) is 3.31. The SMILES string of the molecule is CNC.Cc1ccc(-c2n[nH]c(=O)c3c2NCCC3)cc1. The van der Waals surface area contributed by atoms with E-state index in [1.54, 1.807) is 0 Å². The number of aromatic nitrogens is 2. The van der Waals surface area contributed by atoms with Crippen LogP contribution in [0.3, 0.4) is 0 Å². The third-order valence-electron chi connectivity index (χ3n) is 3.31. The summed E-state index contributed by atoms with van der Waals surface area (Å²) in [5.41, 5.74) is 4.73. The van der Waals surface area contributed by atoms with Crippen LogP contribution in [0.1, 0.15) is 17.5 Å². The van der Waals surface area contributed by atoms with Crippen molar-refractivity contribution in [1.29, 1.82) is 0 Å². The average molecular weight is 286 g/mol. The van der Waals surface area contributed by atoms with E-state index < -0.39 is 0 Å². The Labute approximate surface area is 124 Å². The normalized spacial score (nSPS) is 12.7. The Morgan fingerprint density at radius 1 is 1.19 bits per heavy atom. The molecule has 0 atom stereocenters. The molecule has 0 saturated carbocycles. The third kappa shape index (κ3) is 3.49. The van der Waals surface area contributed by atoms with E-state index in [4.69, 9.17) is 0 Å². The molecule has 0 bridgehead atoms. The molecule has 0 amide bonds. The Balaban J connectivity index is 0.000000497. The van der Waals surface area contributed by atoms with Gasteiger partial charge in [0.1, 0.15) is 5.69 Å². The Hall–Kier alpha value is -2.14. The summed E-state index contributed by atoms with van der Waals surface area (Å²) in [7, 11) is 3.75. The fourth-order valence-electron chi connectivity index (χ4n) is 2.31. The average Bonchev–Trinajstić information content (AvgIpc) is 2.50. The highest BCUT2D eigenvalue weighted by molar-refractivity contribution is 5.76. The van der Waals surface area contributed by atoms with E-state index in [0.29, 0.717) is 0 Å². The van der Waals surface area contributed by atoms with Gasteiger partial charge in [0.2, 0.25) is 0 Å². The summed E-state index contributed by atoms with van der Waals surface area (Å²) >= 11 is 0. The molecule has 2 heterocycles. The topological polar surface area (TPSA) is 69.8 Å². The first kappa shape index (κ1) is 15.3. The van der Waals surface area contributed by atoms with Crippen LogP contribution in [0, 0.1) is 6.92 Å². The van der Waals surface area contributed by atoms with Crippen LogP contribution < -0.4 is 16.2 Å². The van der Waals surface area contributed by atoms with Gasteiger partial charge in [-0.3, -0.25) is 4.79 Å². The predicted octanol–water partition coefficient (Wildman–Crippen LogP) is 1.94. The molecule has 5 heteroatoms. The molecular weight excluding hydrogens is 264 g/mol. The van der Waals surface area contributed by atoms with Gasteiger partial charge in [-0.2, -0.15) is 5.10 Å². The van der Waals surface area contributed by atoms with Crippen LogP contribution in [0.15, 0.2) is 29.1 Å². The fourth-order valence-corrected chi connectivity index (χ4v) is 2.31. The second kappa shape index (κ2) is 7.04. The van der Waals surface area contributed by atoms with Crippen LogP contribution >= 0.6 is 0 Å². The summed E-state index contributed by atoms with van der Waals surface area (Å²) in [5.74, 6) is 0. The molecule has 0 spiro atoms. The highest BCUT2D eigenvalue weighted by atomic mass is 16.1. The lowest BCUT2D eigenvalue weighted by Crippen LogP contribution is -2.24. The molecule has 0 aliphatic carbocycles. The molecule has 21 heavy (non-hydrogen) atoms. The van der Waals surface area contributed by atoms with Gasteiger partial charge >= 0.3 is 0 Å². The second-order valence-corrected chi connectivity index (χ2v) is 5.15. The van der Waals surface area contributed by atoms with Crippen LogP contribution in [0.2, 0.25) is 0 Å². The molecule has 1 aliphatic heterocycles. The molecule has 3 rings (SSSR count). The van der Waals surface area contributed by atoms with Gasteiger partial charge in [0.05, 0.1) is 5.69 Å². The van der Waals surface area contributed by atoms with E-state index in [1.807, 2.05) is 26.2 Å². The lowest BCUT2D eigenvalue weighted by molar-refractivity contribution is 0.799. The quantitative estimate of drug-likeness (QED) is 0.749. The Kier molecular flexibility index (Phi) is 5.11. The van der Waals surface area contributed by atoms with Crippen LogP contribution in [-0.4, -0.2) is 30.8 Å². The van der Waals surface area contributed by atoms with Crippen molar-refractivity contribution in [3.63, 3.8) is 0 Å². The van der Waals surface area contributed by atoms with Crippen LogP contribution in [0.5, 0.6) is 0 Å². The molecule has 3 N–H and O–H groups in total. The van der Waals surface area contributed by atoms with E-state index in [-0.39, 0.29) is 5.56 Å². The molecule has 1 aromatic heterocycles. The summed E-state index contributed by atoms with van der Waals surface area (Å²) in [6.45, 7) is 2.95. The zero-order valence-electron chi connectivity index (χ0n) is 12.8. The molecule has 0 saturated heterocycles. The summed E-state index contributed by atoms with van der Waals surface area (Å²) in [5, 5.41) is 12.8. The van der Waals surface area contributed by atoms with Crippen LogP contribution in [0.25, 0.3) is 11.3 Å². The van der Waals surface area contributed by atoms with Gasteiger partial charge in [-0.05, 0) is 33.9 Å². The van der Waals surface area contributed by atoms with Crippen molar-refractivity contribution in [2.75, 3.05) is 26.0 Å². The number of H-pyrrole nitrogens is 1. The summed E-state index contributed by atoms with van der Waals surface area (Å²) in [6.07, 6.45) is 1.81. The molecular formula is C16H22N4O. The highest BCUT2D eigenvalue weighted by Crippen LogP contribution is 2.29. The Morgan fingerprint density at radius 2 is 1.86 bits per heavy atom. The van der Waals surface area contributed by atoms with Gasteiger partial charge < -0.3 is 10.6 Å². The standard InChI is InChI=1S/C14H15N3O.C2H7N/c1-9-4-6-10(7-5-9)12-13-11(3-2-8-15-13)14(18)17-16-12;1-3-2/h4-7,15H,2-3,8H2,1H3,(H,17,18);3H,1-2H3. The number of anilines is 1. The van der Waals surface area contributed by atoms with Crippen LogP contribution in [0.4, 0.5) is 5.69 Å². The van der Waals surface area contributed by atoms with E-state index in [9.17, 15) is 4.79 Å². The van der Waals surface area contributed by atoms with Crippen molar-refractivity contribution in [1.82, 2.24) is 15.5 Å². The molecule has 0 fully saturated rings. The zero-order valence-corrected chi connectivity index (χ0v) is 12.8. The van der Waals surface area contributed by atoms with E-state index in [1.165, 1.54) is 5.56 Å². The number of aromatic amines is 1. The first-order valence-electron chi connectivity index (χ1n) is 7.18. The van der Waals surface area contributed by atoms with Crippen molar-refractivity contribution in [2.24, 2.45) is 0 Å². The number of nitrogens with one attached hydrogen (secondary N) is 3. The number of benzene rings is 1. The second-order valence-electron chi connectivity index (χ2n) is 5.15. The van der Waals surface area contributed by atoms with Crippen molar-refractivity contribution in [2.45, 2.75) is 19.8 Å². The van der Waals surface area contributed by atoms with Gasteiger partial charge in [-0.15, -0.1) is 0 Å². The van der Waals surface area contributed by atoms with Gasteiger partial charge in [-0.25, -0.2) is 5.10 Å². The predicted molar refractivity (Wildman–Crippen MR) is 86.8 cm³/mol. The molecule has 0 unspecified atom stereocenters. The van der Waals surface area contributed by atoms with Crippen molar-refractivity contribution < 1.29 is 0 Å². The Bertz CT molecular complexity index is 646. The minimum Gasteiger partial charge on any atom is -0.383 e. The maximum atomic E-state index is 11.7. The minimum absolute atomic E-state index is 0.0759. The monoisotopic (exact) mass is 286 g/mol. The summed E-state index contributed by atoms with van der Waals surface area (Å²) < 4.78 is 0. The molecule has 1 aliphatic rings. The smallest absolute Gasteiger partial charge is 0.269 e. The zero-order chi connectivity index (χ0) is 15.2. The fraction of sp³-hybridized carbons (Fsp3) is 0.375. The lowest BCUT2D eigenvalue weighted by Gasteiger charge is -2.19. The number of hydrogen-bond acceptors (Lipinski definition) is 4. The van der Waals surface area contributed by atoms with E-state index in [2.05, 4.69) is 39.9 Å². The maximum Gasteiger partial charge on any atom is 0.269 e. The maximum absolute atomic E-state index is 11.7. The lowest BCUT2D eigenvalue weighted by atomic mass is 10.0. The Morgan fingerprint density at radius 3 is 2.52 bits per heavy atom. The molecule has 5 nitrogen and oxygen atoms in total. The minimum atomic E-state index is -0.0759. The van der Waals surface area contributed by atoms with Gasteiger partial charge in [0, 0.05) is 17.7 Å². The number of nitrogens with zero attached hydrogens (tertiary/aromatic N) is 1. The summed E-state index contributed by atoms with van der Waals surface area (Å²) in [6, 6.07) is 8.17. The van der Waals surface area contributed by atoms with Gasteiger partial charge in [-0.1, -0.05) is 29.8 Å². The van der Waals surface area contributed by atoms with Crippen LogP contribution in [-0.2, 0) is 6.42 Å². The molecule has 2 aromatic rings. The first-order chi connectivity index (χ1) is 10.2. The number of rotatable bonds is 1. The van der Waals surface area contributed by atoms with E-state index >= 15 is 0 Å². The molecule has 1 aromatic carbocycles. The summed E-state index contributed by atoms with van der Waals surface area (Å²) in [4.78, 5) is 11.7. The number of aryl methyl sites for hydroxylation is 1. The first-order valence-corrected chi connectivity index (χ1v) is 7.18. The highest BCUT2D eigenvalue weighted by Gasteiger charge is 2.18. The van der Waals surface area contributed by atoms with Gasteiger partial charge in [0.25, 0.3) is 5.56 Å². The van der Waals surface area contributed by atoms with Gasteiger partial charge in [0.15, 0.2) is 0 Å². The van der Waals surface area contributed by atoms with Crippen molar-refractivity contribution >= 4 is 5.69 Å². The number of hydrogen-bond donors (Lipinski definition) is 3. The van der Waals surface area contributed by atoms with Crippen molar-refractivity contribution in [3.8, 4) is 11.3 Å². The largest absolute Gasteiger partial charge is 0.383 e. The van der Waals surface area contributed by atoms with E-state index in [0.717, 1.165) is 41.9 Å². The molecule has 0 radical (unpaired) electrons. The van der Waals surface area contributed by atoms with Crippen molar-refractivity contribution in [3.05, 3.63) is 45.7 Å². The molecule has 112 valence electrons. The number of fused-ring (bicyclic) bond motifs is 1.